The highest BCUT2D eigenvalue weighted by Gasteiger charge is 2.32. The maximum absolute atomic E-state index is 13.5. The van der Waals surface area contributed by atoms with Gasteiger partial charge in [0.05, 0.1) is 10.4 Å². The molecule has 28 heavy (non-hydrogen) atoms. The van der Waals surface area contributed by atoms with E-state index >= 15 is 0 Å². The Hall–Kier alpha value is -1.70. The van der Waals surface area contributed by atoms with Crippen molar-refractivity contribution in [3.8, 4) is 0 Å². The molecule has 0 spiro atoms. The summed E-state index contributed by atoms with van der Waals surface area (Å²) in [5.41, 5.74) is 1.93. The second-order valence-corrected chi connectivity index (χ2v) is 9.77. The third-order valence-corrected chi connectivity index (χ3v) is 7.84. The Morgan fingerprint density at radius 1 is 1.25 bits per heavy atom. The zero-order chi connectivity index (χ0) is 19.7. The van der Waals surface area contributed by atoms with Crippen molar-refractivity contribution >= 4 is 39.5 Å². The lowest BCUT2D eigenvalue weighted by Crippen LogP contribution is -2.48. The van der Waals surface area contributed by atoms with Gasteiger partial charge in [0.15, 0.2) is 0 Å². The molecule has 4 rings (SSSR count). The predicted octanol–water partition coefficient (Wildman–Crippen LogP) is 3.96. The lowest BCUT2D eigenvalue weighted by molar-refractivity contribution is 0.0643. The van der Waals surface area contributed by atoms with Crippen LogP contribution in [0.5, 0.6) is 0 Å². The van der Waals surface area contributed by atoms with Crippen LogP contribution in [0.25, 0.3) is 0 Å². The van der Waals surface area contributed by atoms with Gasteiger partial charge in [0.1, 0.15) is 5.00 Å². The zero-order valence-corrected chi connectivity index (χ0v) is 18.1. The van der Waals surface area contributed by atoms with E-state index in [1.54, 1.807) is 11.3 Å². The molecule has 150 valence electrons. The lowest BCUT2D eigenvalue weighted by Gasteiger charge is -2.34. The van der Waals surface area contributed by atoms with E-state index in [1.807, 2.05) is 22.4 Å². The van der Waals surface area contributed by atoms with Crippen molar-refractivity contribution in [2.45, 2.75) is 33.1 Å². The van der Waals surface area contributed by atoms with E-state index in [1.165, 1.54) is 21.8 Å². The molecule has 1 atom stereocenters. The first-order chi connectivity index (χ1) is 13.6. The van der Waals surface area contributed by atoms with Crippen LogP contribution < -0.4 is 5.32 Å². The Balaban J connectivity index is 1.62. The monoisotopic (exact) mass is 417 g/mol. The zero-order valence-electron chi connectivity index (χ0n) is 16.5. The molecule has 0 radical (unpaired) electrons. The number of nitrogens with one attached hydrogen (secondary N) is 1. The van der Waals surface area contributed by atoms with Gasteiger partial charge in [-0.25, -0.2) is 0 Å². The summed E-state index contributed by atoms with van der Waals surface area (Å²) in [6, 6.07) is 3.70. The van der Waals surface area contributed by atoms with Crippen molar-refractivity contribution in [2.75, 3.05) is 38.0 Å². The molecule has 0 aromatic carbocycles. The molecule has 2 aliphatic rings. The highest BCUT2D eigenvalue weighted by molar-refractivity contribution is 7.17. The third kappa shape index (κ3) is 3.88. The van der Waals surface area contributed by atoms with Crippen LogP contribution in [0.1, 0.15) is 50.7 Å². The number of carbonyl (C=O) groups excluding carboxylic acids is 2. The van der Waals surface area contributed by atoms with Crippen LogP contribution in [0.15, 0.2) is 17.5 Å². The van der Waals surface area contributed by atoms with Crippen molar-refractivity contribution in [1.29, 1.82) is 0 Å². The Labute approximate surface area is 174 Å². The number of hydrogen-bond donors (Lipinski definition) is 1. The SMILES string of the molecule is CCN1CCN(C(=O)c2c(NC(=O)c3cccs3)sc3c2CC[C@H](C)C3)CC1. The fourth-order valence-electron chi connectivity index (χ4n) is 4.06. The largest absolute Gasteiger partial charge is 0.336 e. The Morgan fingerprint density at radius 3 is 2.71 bits per heavy atom. The Bertz CT molecular complexity index is 851. The van der Waals surface area contributed by atoms with Crippen LogP contribution in [0, 0.1) is 5.92 Å². The summed E-state index contributed by atoms with van der Waals surface area (Å²) in [5, 5.41) is 5.69. The van der Waals surface area contributed by atoms with Gasteiger partial charge in [0.2, 0.25) is 0 Å². The second-order valence-electron chi connectivity index (χ2n) is 7.71. The molecule has 0 unspecified atom stereocenters. The van der Waals surface area contributed by atoms with Crippen LogP contribution in [0.4, 0.5) is 5.00 Å². The molecular weight excluding hydrogens is 390 g/mol. The van der Waals surface area contributed by atoms with Gasteiger partial charge in [-0.1, -0.05) is 19.9 Å². The molecule has 7 heteroatoms. The summed E-state index contributed by atoms with van der Waals surface area (Å²) in [5.74, 6) is 0.596. The lowest BCUT2D eigenvalue weighted by atomic mass is 9.88. The number of amides is 2. The number of likely N-dealkylation sites (N-methyl/N-ethyl adjacent to an activating group) is 1. The van der Waals surface area contributed by atoms with E-state index in [2.05, 4.69) is 24.1 Å². The quantitative estimate of drug-likeness (QED) is 0.819. The van der Waals surface area contributed by atoms with Gasteiger partial charge < -0.3 is 15.1 Å². The van der Waals surface area contributed by atoms with E-state index in [0.29, 0.717) is 10.8 Å². The fraction of sp³-hybridized carbons (Fsp3) is 0.524. The smallest absolute Gasteiger partial charge is 0.266 e. The van der Waals surface area contributed by atoms with Gasteiger partial charge in [-0.2, -0.15) is 0 Å². The van der Waals surface area contributed by atoms with Crippen molar-refractivity contribution in [3.63, 3.8) is 0 Å². The van der Waals surface area contributed by atoms with Gasteiger partial charge in [-0.3, -0.25) is 9.59 Å². The molecule has 5 nitrogen and oxygen atoms in total. The second kappa shape index (κ2) is 8.35. The number of fused-ring (bicyclic) bond motifs is 1. The van der Waals surface area contributed by atoms with Gasteiger partial charge >= 0.3 is 0 Å². The fourth-order valence-corrected chi connectivity index (χ4v) is 6.08. The van der Waals surface area contributed by atoms with Crippen LogP contribution in [0.2, 0.25) is 0 Å². The first kappa shape index (κ1) is 19.6. The average Bonchev–Trinajstić information content (AvgIpc) is 3.35. The van der Waals surface area contributed by atoms with Crippen LogP contribution in [0.3, 0.4) is 0 Å². The molecule has 0 saturated carbocycles. The highest BCUT2D eigenvalue weighted by Crippen LogP contribution is 2.40. The van der Waals surface area contributed by atoms with E-state index in [-0.39, 0.29) is 11.8 Å². The number of hydrogen-bond acceptors (Lipinski definition) is 5. The van der Waals surface area contributed by atoms with Gasteiger partial charge in [0.25, 0.3) is 11.8 Å². The molecule has 1 fully saturated rings. The third-order valence-electron chi connectivity index (χ3n) is 5.80. The maximum atomic E-state index is 13.5. The summed E-state index contributed by atoms with van der Waals surface area (Å²) < 4.78 is 0. The molecule has 0 bridgehead atoms. The number of piperazine rings is 1. The first-order valence-electron chi connectivity index (χ1n) is 10.1. The summed E-state index contributed by atoms with van der Waals surface area (Å²) in [6.07, 6.45) is 3.03. The van der Waals surface area contributed by atoms with E-state index in [4.69, 9.17) is 0 Å². The minimum atomic E-state index is -0.119. The minimum absolute atomic E-state index is 0.0873. The summed E-state index contributed by atoms with van der Waals surface area (Å²) >= 11 is 3.03. The van der Waals surface area contributed by atoms with Gasteiger partial charge in [-0.15, -0.1) is 22.7 Å². The number of anilines is 1. The Kier molecular flexibility index (Phi) is 5.85. The number of nitrogens with zero attached hydrogens (tertiary/aromatic N) is 2. The molecule has 1 saturated heterocycles. The topological polar surface area (TPSA) is 52.6 Å². The number of thiophene rings is 2. The normalized spacial score (nSPS) is 20.1. The van der Waals surface area contributed by atoms with Crippen LogP contribution >= 0.6 is 22.7 Å². The summed E-state index contributed by atoms with van der Waals surface area (Å²) in [7, 11) is 0. The minimum Gasteiger partial charge on any atom is -0.336 e. The summed E-state index contributed by atoms with van der Waals surface area (Å²) in [4.78, 5) is 32.4. The molecule has 1 aliphatic heterocycles. The van der Waals surface area contributed by atoms with Crippen LogP contribution in [-0.4, -0.2) is 54.3 Å². The molecule has 3 heterocycles. The predicted molar refractivity (Wildman–Crippen MR) is 116 cm³/mol. The molecule has 2 aromatic heterocycles. The van der Waals surface area contributed by atoms with Crippen molar-refractivity contribution in [1.82, 2.24) is 9.80 Å². The van der Waals surface area contributed by atoms with E-state index < -0.39 is 0 Å². The maximum Gasteiger partial charge on any atom is 0.266 e. The first-order valence-corrected chi connectivity index (χ1v) is 11.8. The van der Waals surface area contributed by atoms with E-state index in [9.17, 15) is 9.59 Å². The van der Waals surface area contributed by atoms with Gasteiger partial charge in [0, 0.05) is 31.1 Å². The number of rotatable bonds is 4. The molecular formula is C21H27N3O2S2. The standard InChI is InChI=1S/C21H27N3O2S2/c1-3-23-8-10-24(11-9-23)21(26)18-15-7-6-14(2)13-17(15)28-20(18)22-19(25)16-5-4-12-27-16/h4-5,12,14H,3,6-11,13H2,1-2H3,(H,22,25)/t14-/m0/s1. The average molecular weight is 418 g/mol. The molecule has 1 N–H and O–H groups in total. The van der Waals surface area contributed by atoms with Crippen molar-refractivity contribution < 1.29 is 9.59 Å². The Morgan fingerprint density at radius 2 is 2.04 bits per heavy atom. The van der Waals surface area contributed by atoms with Gasteiger partial charge in [-0.05, 0) is 48.7 Å². The highest BCUT2D eigenvalue weighted by atomic mass is 32.1. The van der Waals surface area contributed by atoms with Crippen molar-refractivity contribution in [2.24, 2.45) is 5.92 Å². The van der Waals surface area contributed by atoms with Crippen LogP contribution in [-0.2, 0) is 12.8 Å². The number of carbonyl (C=O) groups is 2. The molecule has 1 aliphatic carbocycles. The molecule has 2 aromatic rings. The van der Waals surface area contributed by atoms with Crippen molar-refractivity contribution in [3.05, 3.63) is 38.4 Å². The molecule has 2 amide bonds. The summed E-state index contributed by atoms with van der Waals surface area (Å²) in [6.45, 7) is 8.79. The van der Waals surface area contributed by atoms with E-state index in [0.717, 1.165) is 62.6 Å².